The van der Waals surface area contributed by atoms with Crippen LogP contribution in [-0.4, -0.2) is 4.40 Å². The fourth-order valence-electron chi connectivity index (χ4n) is 3.64. The lowest BCUT2D eigenvalue weighted by molar-refractivity contribution is 0.962. The van der Waals surface area contributed by atoms with Gasteiger partial charge < -0.3 is 4.40 Å². The average Bonchev–Trinajstić information content (AvgIpc) is 3.00. The van der Waals surface area contributed by atoms with Crippen LogP contribution >= 0.6 is 0 Å². The van der Waals surface area contributed by atoms with Gasteiger partial charge in [-0.2, -0.15) is 0 Å². The predicted octanol–water partition coefficient (Wildman–Crippen LogP) is 3.05. The molecule has 0 bridgehead atoms. The van der Waals surface area contributed by atoms with E-state index in [1.54, 1.807) is 0 Å². The molecule has 3 rings (SSSR count). The minimum Gasteiger partial charge on any atom is -0.309 e. The Kier molecular flexibility index (Phi) is 3.59. The number of allylic oxidation sites excluding steroid dienone is 1. The van der Waals surface area contributed by atoms with E-state index >= 15 is 0 Å². The van der Waals surface area contributed by atoms with E-state index in [-0.39, 0.29) is 0 Å². The standard InChI is InChI=1S/C20H23N/c1-5-11-17-16-12-9-10-13-19(16)21-18(8-4)14(6-2)15(7-3)20(17)21/h6-8,10-11,13H,3,5,9,12H2,1-2,4H3/b14-6-,17-11-,18-8+. The Morgan fingerprint density at radius 1 is 1.24 bits per heavy atom. The van der Waals surface area contributed by atoms with Crippen molar-refractivity contribution in [1.82, 2.24) is 4.40 Å². The fourth-order valence-corrected chi connectivity index (χ4v) is 3.64. The van der Waals surface area contributed by atoms with Crippen molar-refractivity contribution in [3.63, 3.8) is 0 Å². The number of hydrogen-bond donors (Lipinski definition) is 0. The molecule has 0 amide bonds. The third-order valence-electron chi connectivity index (χ3n) is 4.43. The summed E-state index contributed by atoms with van der Waals surface area (Å²) < 4.78 is 2.43. The highest BCUT2D eigenvalue weighted by atomic mass is 14.9. The van der Waals surface area contributed by atoms with Gasteiger partial charge in [-0.25, -0.2) is 0 Å². The second kappa shape index (κ2) is 5.40. The van der Waals surface area contributed by atoms with Gasteiger partial charge in [0.15, 0.2) is 0 Å². The molecule has 21 heavy (non-hydrogen) atoms. The zero-order valence-corrected chi connectivity index (χ0v) is 13.2. The summed E-state index contributed by atoms with van der Waals surface area (Å²) in [5.74, 6) is 0. The molecule has 0 aromatic carbocycles. The van der Waals surface area contributed by atoms with Crippen molar-refractivity contribution >= 4 is 35.9 Å². The van der Waals surface area contributed by atoms with Crippen LogP contribution in [0.3, 0.4) is 0 Å². The fraction of sp³-hybridized carbons (Fsp3) is 0.300. The van der Waals surface area contributed by atoms with E-state index in [1.165, 1.54) is 38.1 Å². The van der Waals surface area contributed by atoms with Crippen molar-refractivity contribution < 1.29 is 0 Å². The molecule has 0 saturated heterocycles. The molecule has 2 aromatic heterocycles. The van der Waals surface area contributed by atoms with Gasteiger partial charge in [-0.05, 0) is 44.7 Å². The number of fused-ring (bicyclic) bond motifs is 3. The molecule has 1 nitrogen and oxygen atoms in total. The van der Waals surface area contributed by atoms with E-state index in [9.17, 15) is 0 Å². The molecule has 1 aliphatic carbocycles. The number of rotatable bonds is 2. The molecule has 1 heteroatoms. The summed E-state index contributed by atoms with van der Waals surface area (Å²) in [5.41, 5.74) is 5.47. The van der Waals surface area contributed by atoms with Gasteiger partial charge in [-0.15, -0.1) is 0 Å². The molecule has 0 saturated carbocycles. The van der Waals surface area contributed by atoms with Crippen molar-refractivity contribution in [2.24, 2.45) is 0 Å². The Balaban J connectivity index is 2.71. The largest absolute Gasteiger partial charge is 0.309 e. The van der Waals surface area contributed by atoms with Crippen LogP contribution in [0.4, 0.5) is 0 Å². The summed E-state index contributed by atoms with van der Waals surface area (Å²) in [6.45, 7) is 10.5. The quantitative estimate of drug-likeness (QED) is 0.795. The Hall–Kier alpha value is -2.02. The SMILES string of the molecule is C=Cc1c(=C/C)/c(=C\C)n2c3c(/c(=C/CC)c12)CCC=C3. The summed E-state index contributed by atoms with van der Waals surface area (Å²) in [4.78, 5) is 0. The monoisotopic (exact) mass is 277 g/mol. The van der Waals surface area contributed by atoms with Crippen LogP contribution in [0.15, 0.2) is 12.7 Å². The van der Waals surface area contributed by atoms with Crippen LogP contribution in [0.25, 0.3) is 35.9 Å². The van der Waals surface area contributed by atoms with Crippen LogP contribution in [0, 0.1) is 0 Å². The van der Waals surface area contributed by atoms with Gasteiger partial charge in [-0.1, -0.05) is 43.9 Å². The maximum Gasteiger partial charge on any atom is 0.0613 e. The summed E-state index contributed by atoms with van der Waals surface area (Å²) >= 11 is 0. The molecule has 0 unspecified atom stereocenters. The van der Waals surface area contributed by atoms with E-state index in [4.69, 9.17) is 0 Å². The predicted molar refractivity (Wildman–Crippen MR) is 94.3 cm³/mol. The van der Waals surface area contributed by atoms with Crippen LogP contribution in [0.5, 0.6) is 0 Å². The maximum atomic E-state index is 4.07. The minimum absolute atomic E-state index is 1.06. The summed E-state index contributed by atoms with van der Waals surface area (Å²) in [5, 5.41) is 4.01. The Labute approximate surface area is 126 Å². The van der Waals surface area contributed by atoms with Crippen molar-refractivity contribution in [1.29, 1.82) is 0 Å². The Morgan fingerprint density at radius 2 is 2.05 bits per heavy atom. The van der Waals surface area contributed by atoms with Crippen molar-refractivity contribution in [3.05, 3.63) is 45.3 Å². The first-order chi connectivity index (χ1) is 10.3. The zero-order valence-electron chi connectivity index (χ0n) is 13.2. The molecule has 0 aliphatic heterocycles. The first kappa shape index (κ1) is 13.9. The summed E-state index contributed by atoms with van der Waals surface area (Å²) in [7, 11) is 0. The van der Waals surface area contributed by atoms with Gasteiger partial charge in [0.25, 0.3) is 0 Å². The lowest BCUT2D eigenvalue weighted by atomic mass is 10.0. The van der Waals surface area contributed by atoms with Crippen LogP contribution < -0.4 is 15.8 Å². The molecular formula is C20H23N. The molecule has 1 aliphatic rings. The first-order valence-electron chi connectivity index (χ1n) is 7.89. The topological polar surface area (TPSA) is 4.41 Å². The number of hydrogen-bond acceptors (Lipinski definition) is 0. The zero-order chi connectivity index (χ0) is 15.0. The molecule has 2 heterocycles. The highest BCUT2D eigenvalue weighted by molar-refractivity contribution is 5.78. The molecule has 0 N–H and O–H groups in total. The Bertz CT molecular complexity index is 904. The van der Waals surface area contributed by atoms with E-state index in [0.29, 0.717) is 0 Å². The molecule has 108 valence electrons. The highest BCUT2D eigenvalue weighted by Crippen LogP contribution is 2.20. The van der Waals surface area contributed by atoms with E-state index < -0.39 is 0 Å². The van der Waals surface area contributed by atoms with Crippen LogP contribution in [0.1, 0.15) is 50.4 Å². The lowest BCUT2D eigenvalue weighted by Gasteiger charge is -2.05. The van der Waals surface area contributed by atoms with Crippen LogP contribution in [-0.2, 0) is 6.42 Å². The normalized spacial score (nSPS) is 17.0. The number of nitrogens with zero attached hydrogens (tertiary/aromatic N) is 1. The summed E-state index contributed by atoms with van der Waals surface area (Å²) in [6, 6.07) is 0. The number of aromatic nitrogens is 1. The van der Waals surface area contributed by atoms with Gasteiger partial charge in [-0.3, -0.25) is 0 Å². The van der Waals surface area contributed by atoms with Gasteiger partial charge in [0.2, 0.25) is 0 Å². The van der Waals surface area contributed by atoms with E-state index in [1.807, 2.05) is 6.08 Å². The van der Waals surface area contributed by atoms with E-state index in [2.05, 4.69) is 62.1 Å². The van der Waals surface area contributed by atoms with Gasteiger partial charge in [0.05, 0.1) is 5.52 Å². The smallest absolute Gasteiger partial charge is 0.0613 e. The Morgan fingerprint density at radius 3 is 2.67 bits per heavy atom. The molecular weight excluding hydrogens is 254 g/mol. The first-order valence-corrected chi connectivity index (χ1v) is 7.89. The third kappa shape index (κ3) is 1.84. The molecule has 0 atom stereocenters. The van der Waals surface area contributed by atoms with Crippen LogP contribution in [0.2, 0.25) is 0 Å². The molecule has 0 fully saturated rings. The molecule has 0 radical (unpaired) electrons. The second-order valence-corrected chi connectivity index (χ2v) is 5.51. The molecule has 2 aromatic rings. The maximum absolute atomic E-state index is 4.07. The molecule has 0 spiro atoms. The summed E-state index contributed by atoms with van der Waals surface area (Å²) in [6.07, 6.45) is 16.7. The third-order valence-corrected chi connectivity index (χ3v) is 4.43. The van der Waals surface area contributed by atoms with Gasteiger partial charge >= 0.3 is 0 Å². The van der Waals surface area contributed by atoms with Crippen molar-refractivity contribution in [3.8, 4) is 0 Å². The van der Waals surface area contributed by atoms with Gasteiger partial charge in [0.1, 0.15) is 0 Å². The highest BCUT2D eigenvalue weighted by Gasteiger charge is 2.18. The van der Waals surface area contributed by atoms with Crippen molar-refractivity contribution in [2.45, 2.75) is 40.0 Å². The van der Waals surface area contributed by atoms with E-state index in [0.717, 1.165) is 19.3 Å². The minimum atomic E-state index is 1.06. The van der Waals surface area contributed by atoms with Gasteiger partial charge in [0, 0.05) is 27.0 Å². The average molecular weight is 277 g/mol. The second-order valence-electron chi connectivity index (χ2n) is 5.51. The lowest BCUT2D eigenvalue weighted by Crippen LogP contribution is -2.27. The van der Waals surface area contributed by atoms with Crippen molar-refractivity contribution in [2.75, 3.05) is 0 Å².